The molecule has 0 aliphatic heterocycles. The summed E-state index contributed by atoms with van der Waals surface area (Å²) >= 11 is 0. The fraction of sp³-hybridized carbons (Fsp3) is 0.0526. The van der Waals surface area contributed by atoms with Gasteiger partial charge < -0.3 is 4.74 Å². The van der Waals surface area contributed by atoms with Crippen LogP contribution in [0.2, 0.25) is 0 Å². The van der Waals surface area contributed by atoms with Gasteiger partial charge in [-0.05, 0) is 69.8 Å². The zero-order valence-electron chi connectivity index (χ0n) is 25.4. The molecule has 1 heterocycles. The second-order valence-corrected chi connectivity index (χ2v) is 11.2. The highest BCUT2D eigenvalue weighted by molar-refractivity contribution is 6.07. The van der Waals surface area contributed by atoms with Gasteiger partial charge in [-0.1, -0.05) is 48.5 Å². The number of ether oxygens (including phenoxy) is 1. The predicted octanol–water partition coefficient (Wildman–Crippen LogP) is 9.39. The minimum Gasteiger partial charge on any atom is -0.406 e. The lowest BCUT2D eigenvalue weighted by Crippen LogP contribution is -2.16. The van der Waals surface area contributed by atoms with Crippen molar-refractivity contribution in [1.82, 2.24) is 9.97 Å². The summed E-state index contributed by atoms with van der Waals surface area (Å²) in [6, 6.07) is 27.2. The molecule has 7 nitrogen and oxygen atoms in total. The second-order valence-electron chi connectivity index (χ2n) is 11.2. The zero-order chi connectivity index (χ0) is 36.2. The van der Waals surface area contributed by atoms with Crippen molar-refractivity contribution >= 4 is 11.1 Å². The Morgan fingerprint density at radius 3 is 1.25 bits per heavy atom. The van der Waals surface area contributed by atoms with Crippen molar-refractivity contribution in [2.45, 2.75) is 12.5 Å². The molecule has 0 amide bonds. The molecule has 13 heteroatoms. The SMILES string of the molecule is N#CC(C#N)=C1c2cc(-c3ccc(OC(F)(F)F)cc3)ccc2-c2nc3c(nc21)-c1ccc(-c2ccc(C(F)(F)F)cc2)cc1C3=C(C#N)C#N. The van der Waals surface area contributed by atoms with Gasteiger partial charge in [-0.3, -0.25) is 0 Å². The molecule has 0 radical (unpaired) electrons. The summed E-state index contributed by atoms with van der Waals surface area (Å²) in [5, 5.41) is 39.8. The third kappa shape index (κ3) is 5.50. The van der Waals surface area contributed by atoms with Gasteiger partial charge in [-0.25, -0.2) is 9.97 Å². The number of nitriles is 4. The van der Waals surface area contributed by atoms with E-state index in [2.05, 4.69) is 4.74 Å². The molecular formula is C38H14F6N6O. The maximum absolute atomic E-state index is 13.2. The Morgan fingerprint density at radius 1 is 0.490 bits per heavy atom. The van der Waals surface area contributed by atoms with Crippen molar-refractivity contribution in [3.63, 3.8) is 0 Å². The maximum atomic E-state index is 13.2. The average molecular weight is 685 g/mol. The molecule has 0 saturated carbocycles. The van der Waals surface area contributed by atoms with Crippen LogP contribution in [0.3, 0.4) is 0 Å². The molecule has 0 unspecified atom stereocenters. The minimum atomic E-state index is -4.86. The third-order valence-electron chi connectivity index (χ3n) is 8.37. The number of rotatable bonds is 3. The molecule has 51 heavy (non-hydrogen) atoms. The van der Waals surface area contributed by atoms with Crippen LogP contribution in [-0.4, -0.2) is 16.3 Å². The van der Waals surface area contributed by atoms with Gasteiger partial charge in [0.1, 0.15) is 52.6 Å². The molecule has 0 saturated heterocycles. The van der Waals surface area contributed by atoms with E-state index in [1.165, 1.54) is 24.3 Å². The van der Waals surface area contributed by atoms with E-state index in [1.807, 2.05) is 24.3 Å². The van der Waals surface area contributed by atoms with Crippen LogP contribution in [0, 0.1) is 45.3 Å². The number of alkyl halides is 6. The normalized spacial score (nSPS) is 12.4. The Balaban J connectivity index is 1.38. The Hall–Kier alpha value is -7.22. The van der Waals surface area contributed by atoms with E-state index in [1.54, 1.807) is 36.4 Å². The number of nitrogens with zero attached hydrogens (tertiary/aromatic N) is 6. The highest BCUT2D eigenvalue weighted by atomic mass is 19.4. The van der Waals surface area contributed by atoms with Crippen molar-refractivity contribution in [2.75, 3.05) is 0 Å². The summed E-state index contributed by atoms with van der Waals surface area (Å²) in [5.74, 6) is -0.413. The molecule has 4 aromatic carbocycles. The molecule has 0 N–H and O–H groups in total. The lowest BCUT2D eigenvalue weighted by molar-refractivity contribution is -0.274. The van der Waals surface area contributed by atoms with Crippen LogP contribution < -0.4 is 4.74 Å². The summed E-state index contributed by atoms with van der Waals surface area (Å²) in [6.45, 7) is 0. The van der Waals surface area contributed by atoms with Crippen LogP contribution in [0.1, 0.15) is 28.1 Å². The molecule has 0 fully saturated rings. The van der Waals surface area contributed by atoms with E-state index in [4.69, 9.17) is 9.97 Å². The molecule has 7 rings (SSSR count). The van der Waals surface area contributed by atoms with Gasteiger partial charge in [0.2, 0.25) is 0 Å². The minimum absolute atomic E-state index is 0.159. The molecular weight excluding hydrogens is 670 g/mol. The first-order valence-corrected chi connectivity index (χ1v) is 14.7. The Bertz CT molecular complexity index is 2520. The van der Waals surface area contributed by atoms with E-state index < -0.39 is 23.9 Å². The maximum Gasteiger partial charge on any atom is 0.573 e. The first kappa shape index (κ1) is 32.3. The Morgan fingerprint density at radius 2 is 0.882 bits per heavy atom. The summed E-state index contributed by atoms with van der Waals surface area (Å²) in [6.07, 6.45) is -9.39. The number of benzene rings is 4. The molecule has 0 spiro atoms. The highest BCUT2D eigenvalue weighted by Gasteiger charge is 2.37. The summed E-state index contributed by atoms with van der Waals surface area (Å²) in [5.41, 5.74) is 3.54. The summed E-state index contributed by atoms with van der Waals surface area (Å²) in [7, 11) is 0. The van der Waals surface area contributed by atoms with Crippen molar-refractivity contribution in [3.8, 4) is 74.8 Å². The number of aromatic nitrogens is 2. The summed E-state index contributed by atoms with van der Waals surface area (Å²) < 4.78 is 81.6. The van der Waals surface area contributed by atoms with Crippen LogP contribution in [0.25, 0.3) is 55.9 Å². The van der Waals surface area contributed by atoms with E-state index >= 15 is 0 Å². The van der Waals surface area contributed by atoms with Gasteiger partial charge >= 0.3 is 12.5 Å². The largest absolute Gasteiger partial charge is 0.573 e. The van der Waals surface area contributed by atoms with Crippen molar-refractivity contribution in [2.24, 2.45) is 0 Å². The number of hydrogen-bond donors (Lipinski definition) is 0. The van der Waals surface area contributed by atoms with Crippen LogP contribution in [0.15, 0.2) is 96.1 Å². The first-order chi connectivity index (χ1) is 24.3. The molecule has 5 aromatic rings. The number of allylic oxidation sites excluding steroid dienone is 2. The van der Waals surface area contributed by atoms with E-state index in [9.17, 15) is 47.4 Å². The summed E-state index contributed by atoms with van der Waals surface area (Å²) in [4.78, 5) is 9.71. The van der Waals surface area contributed by atoms with Gasteiger partial charge in [0.15, 0.2) is 0 Å². The molecule has 244 valence electrons. The van der Waals surface area contributed by atoms with E-state index in [0.29, 0.717) is 44.5 Å². The lowest BCUT2D eigenvalue weighted by Gasteiger charge is -2.10. The fourth-order valence-corrected chi connectivity index (χ4v) is 6.17. The number of hydrogen-bond acceptors (Lipinski definition) is 7. The number of halogens is 6. The lowest BCUT2D eigenvalue weighted by atomic mass is 9.95. The van der Waals surface area contributed by atoms with Crippen molar-refractivity contribution < 1.29 is 31.1 Å². The van der Waals surface area contributed by atoms with Crippen LogP contribution in [0.4, 0.5) is 26.3 Å². The van der Waals surface area contributed by atoms with Gasteiger partial charge in [0.25, 0.3) is 0 Å². The van der Waals surface area contributed by atoms with Gasteiger partial charge in [0, 0.05) is 22.3 Å². The second kappa shape index (κ2) is 11.7. The Labute approximate surface area is 284 Å². The Kier molecular flexibility index (Phi) is 7.44. The van der Waals surface area contributed by atoms with Crippen LogP contribution >= 0.6 is 0 Å². The topological polar surface area (TPSA) is 130 Å². The van der Waals surface area contributed by atoms with Crippen LogP contribution in [-0.2, 0) is 6.18 Å². The highest BCUT2D eigenvalue weighted by Crippen LogP contribution is 2.51. The molecule has 0 bridgehead atoms. The van der Waals surface area contributed by atoms with Crippen LogP contribution in [0.5, 0.6) is 5.75 Å². The first-order valence-electron chi connectivity index (χ1n) is 14.7. The fourth-order valence-electron chi connectivity index (χ4n) is 6.17. The van der Waals surface area contributed by atoms with Crippen molar-refractivity contribution in [1.29, 1.82) is 21.0 Å². The number of fused-ring (bicyclic) bond motifs is 6. The average Bonchev–Trinajstić information content (AvgIpc) is 3.59. The molecule has 2 aliphatic carbocycles. The van der Waals surface area contributed by atoms with Gasteiger partial charge in [0.05, 0.1) is 17.0 Å². The van der Waals surface area contributed by atoms with Gasteiger partial charge in [-0.2, -0.15) is 34.2 Å². The smallest absolute Gasteiger partial charge is 0.406 e. The van der Waals surface area contributed by atoms with Crippen molar-refractivity contribution in [3.05, 3.63) is 124 Å². The monoisotopic (exact) mass is 684 g/mol. The van der Waals surface area contributed by atoms with E-state index in [0.717, 1.165) is 24.3 Å². The quantitative estimate of drug-likeness (QED) is 0.134. The van der Waals surface area contributed by atoms with Gasteiger partial charge in [-0.15, -0.1) is 13.2 Å². The molecule has 0 atom stereocenters. The standard InChI is InChI=1S/C38H14F6N6O/c39-37(40,41)25-7-1-19(2-8-25)21-5-11-27-29(13-21)31(23(15-45)16-46)35-33(27)49-36-32(24(17-47)18-48)30-14-22(6-12-28(30)34(36)50-35)20-3-9-26(10-4-20)51-38(42,43)44/h1-14H. The predicted molar refractivity (Wildman–Crippen MR) is 170 cm³/mol. The molecule has 1 aromatic heterocycles. The van der Waals surface area contributed by atoms with E-state index in [-0.39, 0.29) is 45.1 Å². The third-order valence-corrected chi connectivity index (χ3v) is 8.37. The zero-order valence-corrected chi connectivity index (χ0v) is 25.4. The molecule has 2 aliphatic rings.